The van der Waals surface area contributed by atoms with Gasteiger partial charge in [-0.05, 0) is 12.1 Å². The first-order chi connectivity index (χ1) is 7.79. The van der Waals surface area contributed by atoms with E-state index in [4.69, 9.17) is 11.6 Å². The number of nitrogens with zero attached hydrogens (tertiary/aromatic N) is 1. The molecule has 16 heavy (non-hydrogen) atoms. The molecule has 1 aromatic heterocycles. The van der Waals surface area contributed by atoms with Crippen molar-refractivity contribution in [2.24, 2.45) is 0 Å². The lowest BCUT2D eigenvalue weighted by molar-refractivity contribution is -0.115. The van der Waals surface area contributed by atoms with Gasteiger partial charge in [-0.15, -0.1) is 11.6 Å². The van der Waals surface area contributed by atoms with Gasteiger partial charge in [-0.3, -0.25) is 9.78 Å². The Bertz CT molecular complexity index is 513. The van der Waals surface area contributed by atoms with Crippen molar-refractivity contribution in [2.75, 3.05) is 11.2 Å². The maximum Gasteiger partial charge on any atom is 0.225 e. The summed E-state index contributed by atoms with van der Waals surface area (Å²) in [6.45, 7) is 0. The van der Waals surface area contributed by atoms with Gasteiger partial charge in [0.15, 0.2) is 0 Å². The van der Waals surface area contributed by atoms with Gasteiger partial charge in [0.1, 0.15) is 0 Å². The Balaban J connectivity index is 2.22. The first-order valence-electron chi connectivity index (χ1n) is 5.00. The highest BCUT2D eigenvalue weighted by molar-refractivity contribution is 6.19. The molecule has 0 bridgehead atoms. The maximum atomic E-state index is 11.3. The van der Waals surface area contributed by atoms with Crippen molar-refractivity contribution in [1.29, 1.82) is 0 Å². The van der Waals surface area contributed by atoms with Crippen LogP contribution in [0, 0.1) is 0 Å². The van der Waals surface area contributed by atoms with E-state index in [1.54, 1.807) is 6.20 Å². The zero-order chi connectivity index (χ0) is 11.4. The molecule has 1 N–H and O–H groups in total. The quantitative estimate of drug-likeness (QED) is 0.830. The second-order valence-electron chi connectivity index (χ2n) is 3.40. The molecule has 0 aliphatic heterocycles. The summed E-state index contributed by atoms with van der Waals surface area (Å²) in [7, 11) is 0. The summed E-state index contributed by atoms with van der Waals surface area (Å²) in [5, 5.41) is 3.75. The number of fused-ring (bicyclic) bond motifs is 1. The van der Waals surface area contributed by atoms with Gasteiger partial charge in [-0.1, -0.05) is 18.2 Å². The minimum absolute atomic E-state index is 0.0907. The van der Waals surface area contributed by atoms with E-state index in [2.05, 4.69) is 10.3 Å². The van der Waals surface area contributed by atoms with Crippen LogP contribution >= 0.6 is 11.6 Å². The lowest BCUT2D eigenvalue weighted by atomic mass is 10.2. The number of nitrogens with one attached hydrogen (secondary N) is 1. The molecule has 0 fully saturated rings. The molecule has 2 aromatic rings. The van der Waals surface area contributed by atoms with E-state index in [1.807, 2.05) is 30.3 Å². The summed E-state index contributed by atoms with van der Waals surface area (Å²) >= 11 is 5.48. The van der Waals surface area contributed by atoms with Crippen molar-refractivity contribution >= 4 is 34.1 Å². The number of hydrogen-bond acceptors (Lipinski definition) is 2. The molecule has 4 heteroatoms. The summed E-state index contributed by atoms with van der Waals surface area (Å²) in [4.78, 5) is 15.6. The Morgan fingerprint density at radius 1 is 1.38 bits per heavy atom. The highest BCUT2D eigenvalue weighted by Gasteiger charge is 2.02. The van der Waals surface area contributed by atoms with Crippen LogP contribution in [0.25, 0.3) is 10.9 Å². The van der Waals surface area contributed by atoms with Crippen molar-refractivity contribution in [3.63, 3.8) is 0 Å². The average Bonchev–Trinajstić information content (AvgIpc) is 2.29. The van der Waals surface area contributed by atoms with Crippen LogP contribution in [0.2, 0.25) is 0 Å². The highest BCUT2D eigenvalue weighted by atomic mass is 35.5. The third-order valence-corrected chi connectivity index (χ3v) is 2.38. The molecule has 2 rings (SSSR count). The van der Waals surface area contributed by atoms with E-state index < -0.39 is 0 Å². The number of benzene rings is 1. The molecule has 3 nitrogen and oxygen atoms in total. The maximum absolute atomic E-state index is 11.3. The van der Waals surface area contributed by atoms with Crippen LogP contribution in [0.3, 0.4) is 0 Å². The molecular weight excluding hydrogens is 224 g/mol. The van der Waals surface area contributed by atoms with E-state index in [-0.39, 0.29) is 5.91 Å². The van der Waals surface area contributed by atoms with E-state index in [0.717, 1.165) is 10.9 Å². The molecular formula is C12H11ClN2O. The predicted octanol–water partition coefficient (Wildman–Crippen LogP) is 2.80. The molecule has 0 spiro atoms. The molecule has 0 radical (unpaired) electrons. The molecule has 1 heterocycles. The SMILES string of the molecule is O=C(CCCl)Nc1cnc2ccccc2c1. The highest BCUT2D eigenvalue weighted by Crippen LogP contribution is 2.16. The first kappa shape index (κ1) is 10.9. The third-order valence-electron chi connectivity index (χ3n) is 2.20. The van der Waals surface area contributed by atoms with Crippen molar-refractivity contribution in [3.8, 4) is 0 Å². The Morgan fingerprint density at radius 3 is 3.00 bits per heavy atom. The molecule has 1 aromatic carbocycles. The number of pyridine rings is 1. The monoisotopic (exact) mass is 234 g/mol. The van der Waals surface area contributed by atoms with Gasteiger partial charge in [0.05, 0.1) is 17.4 Å². The zero-order valence-electron chi connectivity index (χ0n) is 8.61. The lowest BCUT2D eigenvalue weighted by Gasteiger charge is -2.04. The fourth-order valence-corrected chi connectivity index (χ4v) is 1.62. The Kier molecular flexibility index (Phi) is 3.37. The number of carbonyl (C=O) groups excluding carboxylic acids is 1. The summed E-state index contributed by atoms with van der Waals surface area (Å²) in [6, 6.07) is 9.66. The fourth-order valence-electron chi connectivity index (χ4n) is 1.45. The molecule has 82 valence electrons. The van der Waals surface area contributed by atoms with E-state index >= 15 is 0 Å². The van der Waals surface area contributed by atoms with Crippen molar-refractivity contribution < 1.29 is 4.79 Å². The molecule has 0 saturated heterocycles. The summed E-state index contributed by atoms with van der Waals surface area (Å²) in [6.07, 6.45) is 1.96. The molecule has 0 aliphatic carbocycles. The Hall–Kier alpha value is -1.61. The number of para-hydroxylation sites is 1. The van der Waals surface area contributed by atoms with Crippen LogP contribution in [0.15, 0.2) is 36.5 Å². The molecule has 0 aliphatic rings. The second-order valence-corrected chi connectivity index (χ2v) is 3.78. The van der Waals surface area contributed by atoms with Gasteiger partial charge in [-0.25, -0.2) is 0 Å². The van der Waals surface area contributed by atoms with Crippen LogP contribution in [0.5, 0.6) is 0 Å². The van der Waals surface area contributed by atoms with Crippen molar-refractivity contribution in [1.82, 2.24) is 4.98 Å². The first-order valence-corrected chi connectivity index (χ1v) is 5.53. The summed E-state index contributed by atoms with van der Waals surface area (Å²) < 4.78 is 0. The molecule has 1 amide bonds. The van der Waals surface area contributed by atoms with E-state index in [9.17, 15) is 4.79 Å². The van der Waals surface area contributed by atoms with Crippen LogP contribution in [0.1, 0.15) is 6.42 Å². The number of halogens is 1. The number of carbonyl (C=O) groups is 1. The predicted molar refractivity (Wildman–Crippen MR) is 65.7 cm³/mol. The Morgan fingerprint density at radius 2 is 2.19 bits per heavy atom. The minimum atomic E-state index is -0.0907. The van der Waals surface area contributed by atoms with Gasteiger partial charge in [0.25, 0.3) is 0 Å². The fraction of sp³-hybridized carbons (Fsp3) is 0.167. The van der Waals surface area contributed by atoms with Crippen LogP contribution in [-0.4, -0.2) is 16.8 Å². The average molecular weight is 235 g/mol. The standard InChI is InChI=1S/C12H11ClN2O/c13-6-5-12(16)15-10-7-9-3-1-2-4-11(9)14-8-10/h1-4,7-8H,5-6H2,(H,15,16). The number of aromatic nitrogens is 1. The number of rotatable bonds is 3. The molecule has 0 unspecified atom stereocenters. The van der Waals surface area contributed by atoms with Gasteiger partial charge in [-0.2, -0.15) is 0 Å². The van der Waals surface area contributed by atoms with Crippen LogP contribution < -0.4 is 5.32 Å². The topological polar surface area (TPSA) is 42.0 Å². The minimum Gasteiger partial charge on any atom is -0.325 e. The van der Waals surface area contributed by atoms with E-state index in [0.29, 0.717) is 18.0 Å². The van der Waals surface area contributed by atoms with Crippen LogP contribution in [0.4, 0.5) is 5.69 Å². The number of anilines is 1. The van der Waals surface area contributed by atoms with Gasteiger partial charge in [0.2, 0.25) is 5.91 Å². The van der Waals surface area contributed by atoms with E-state index in [1.165, 1.54) is 0 Å². The number of amides is 1. The smallest absolute Gasteiger partial charge is 0.225 e. The summed E-state index contributed by atoms with van der Waals surface area (Å²) in [5.74, 6) is 0.236. The summed E-state index contributed by atoms with van der Waals surface area (Å²) in [5.41, 5.74) is 1.62. The molecule has 0 atom stereocenters. The molecule has 0 saturated carbocycles. The van der Waals surface area contributed by atoms with Crippen molar-refractivity contribution in [2.45, 2.75) is 6.42 Å². The normalized spacial score (nSPS) is 10.3. The largest absolute Gasteiger partial charge is 0.325 e. The zero-order valence-corrected chi connectivity index (χ0v) is 9.37. The Labute approximate surface area is 98.4 Å². The van der Waals surface area contributed by atoms with Crippen molar-refractivity contribution in [3.05, 3.63) is 36.5 Å². The van der Waals surface area contributed by atoms with Gasteiger partial charge in [0, 0.05) is 17.7 Å². The van der Waals surface area contributed by atoms with Gasteiger partial charge >= 0.3 is 0 Å². The van der Waals surface area contributed by atoms with Gasteiger partial charge < -0.3 is 5.32 Å². The third kappa shape index (κ3) is 2.49. The second kappa shape index (κ2) is 4.94. The number of hydrogen-bond donors (Lipinski definition) is 1. The lowest BCUT2D eigenvalue weighted by Crippen LogP contribution is -2.11. The number of alkyl halides is 1. The van der Waals surface area contributed by atoms with Crippen LogP contribution in [-0.2, 0) is 4.79 Å².